The first-order valence-corrected chi connectivity index (χ1v) is 9.36. The number of rotatable bonds is 2. The molecule has 5 nitrogen and oxygen atoms in total. The Labute approximate surface area is 157 Å². The molecule has 144 valence electrons. The van der Waals surface area contributed by atoms with Crippen LogP contribution in [0.3, 0.4) is 0 Å². The highest BCUT2D eigenvalue weighted by atomic mass is 16.6. The number of hydrogen-bond acceptors (Lipinski definition) is 3. The van der Waals surface area contributed by atoms with Crippen molar-refractivity contribution in [2.24, 2.45) is 5.92 Å². The van der Waals surface area contributed by atoms with Crippen LogP contribution in [0.15, 0.2) is 24.3 Å². The van der Waals surface area contributed by atoms with E-state index >= 15 is 0 Å². The minimum Gasteiger partial charge on any atom is -0.444 e. The molecule has 1 aromatic rings. The van der Waals surface area contributed by atoms with Gasteiger partial charge in [0.15, 0.2) is 0 Å². The van der Waals surface area contributed by atoms with Crippen molar-refractivity contribution >= 4 is 17.7 Å². The largest absolute Gasteiger partial charge is 0.444 e. The fraction of sp³-hybridized carbons (Fsp3) is 0.619. The van der Waals surface area contributed by atoms with Crippen molar-refractivity contribution in [3.05, 3.63) is 29.8 Å². The van der Waals surface area contributed by atoms with E-state index in [-0.39, 0.29) is 23.3 Å². The van der Waals surface area contributed by atoms with Gasteiger partial charge in [0.1, 0.15) is 5.60 Å². The van der Waals surface area contributed by atoms with Gasteiger partial charge in [0.2, 0.25) is 5.91 Å². The first kappa shape index (κ1) is 20.3. The average molecular weight is 360 g/mol. The zero-order chi connectivity index (χ0) is 19.5. The van der Waals surface area contributed by atoms with Crippen molar-refractivity contribution < 1.29 is 14.3 Å². The van der Waals surface area contributed by atoms with Crippen LogP contribution in [0.1, 0.15) is 59.9 Å². The van der Waals surface area contributed by atoms with E-state index in [2.05, 4.69) is 32.2 Å². The Morgan fingerprint density at radius 1 is 1.04 bits per heavy atom. The van der Waals surface area contributed by atoms with Crippen LogP contribution in [0, 0.1) is 5.92 Å². The van der Waals surface area contributed by atoms with Crippen LogP contribution in [-0.2, 0) is 14.9 Å². The number of ether oxygens (including phenoxy) is 1. The summed E-state index contributed by atoms with van der Waals surface area (Å²) in [5.41, 5.74) is 1.46. The quantitative estimate of drug-likeness (QED) is 0.840. The minimum absolute atomic E-state index is 0.0329. The summed E-state index contributed by atoms with van der Waals surface area (Å²) in [6, 6.07) is 7.94. The third-order valence-electron chi connectivity index (χ3n) is 4.51. The molecule has 1 aliphatic heterocycles. The van der Waals surface area contributed by atoms with Crippen LogP contribution >= 0.6 is 0 Å². The number of carbonyl (C=O) groups excluding carboxylic acids is 2. The first-order valence-electron chi connectivity index (χ1n) is 9.36. The van der Waals surface area contributed by atoms with Crippen LogP contribution < -0.4 is 5.32 Å². The Kier molecular flexibility index (Phi) is 5.99. The molecule has 0 aromatic heterocycles. The zero-order valence-electron chi connectivity index (χ0n) is 16.9. The van der Waals surface area contributed by atoms with E-state index in [1.54, 1.807) is 4.90 Å². The van der Waals surface area contributed by atoms with Crippen molar-refractivity contribution in [1.82, 2.24) is 4.90 Å². The van der Waals surface area contributed by atoms with Crippen molar-refractivity contribution in [3.63, 3.8) is 0 Å². The number of para-hydroxylation sites is 1. The summed E-state index contributed by atoms with van der Waals surface area (Å²) in [4.78, 5) is 26.5. The Morgan fingerprint density at radius 3 is 2.15 bits per heavy atom. The van der Waals surface area contributed by atoms with Crippen molar-refractivity contribution in [2.75, 3.05) is 18.4 Å². The van der Waals surface area contributed by atoms with Gasteiger partial charge >= 0.3 is 6.09 Å². The summed E-state index contributed by atoms with van der Waals surface area (Å²) in [7, 11) is 0. The molecule has 0 unspecified atom stereocenters. The number of likely N-dealkylation sites (tertiary alicyclic amines) is 1. The van der Waals surface area contributed by atoms with E-state index in [9.17, 15) is 9.59 Å². The summed E-state index contributed by atoms with van der Waals surface area (Å²) in [5, 5.41) is 3.10. The van der Waals surface area contributed by atoms with Crippen LogP contribution in [-0.4, -0.2) is 35.6 Å². The predicted molar refractivity (Wildman–Crippen MR) is 104 cm³/mol. The molecule has 0 aliphatic carbocycles. The Bertz CT molecular complexity index is 648. The monoisotopic (exact) mass is 360 g/mol. The summed E-state index contributed by atoms with van der Waals surface area (Å²) in [5.74, 6) is -0.0488. The van der Waals surface area contributed by atoms with Gasteiger partial charge in [0.05, 0.1) is 0 Å². The van der Waals surface area contributed by atoms with Gasteiger partial charge in [-0.05, 0) is 50.7 Å². The molecule has 0 spiro atoms. The molecule has 1 aliphatic rings. The van der Waals surface area contributed by atoms with Crippen LogP contribution in [0.5, 0.6) is 0 Å². The maximum absolute atomic E-state index is 12.7. The number of nitrogens with zero attached hydrogens (tertiary/aromatic N) is 1. The van der Waals surface area contributed by atoms with Crippen LogP contribution in [0.2, 0.25) is 0 Å². The van der Waals surface area contributed by atoms with E-state index in [1.165, 1.54) is 0 Å². The standard InChI is InChI=1S/C21H32N2O3/c1-20(2,3)16-9-7-8-10-17(16)22-18(24)15-11-13-23(14-12-15)19(25)26-21(4,5)6/h7-10,15H,11-14H2,1-6H3,(H,22,24). The fourth-order valence-corrected chi connectivity index (χ4v) is 3.13. The van der Waals surface area contributed by atoms with E-state index in [1.807, 2.05) is 39.0 Å². The molecule has 0 saturated carbocycles. The van der Waals surface area contributed by atoms with Gasteiger partial charge in [-0.3, -0.25) is 4.79 Å². The fourth-order valence-electron chi connectivity index (χ4n) is 3.13. The lowest BCUT2D eigenvalue weighted by atomic mass is 9.85. The van der Waals surface area contributed by atoms with Gasteiger partial charge in [-0.15, -0.1) is 0 Å². The molecule has 26 heavy (non-hydrogen) atoms. The Morgan fingerprint density at radius 2 is 1.62 bits per heavy atom. The highest BCUT2D eigenvalue weighted by molar-refractivity contribution is 5.93. The predicted octanol–water partition coefficient (Wildman–Crippen LogP) is 4.57. The van der Waals surface area contributed by atoms with E-state index in [0.717, 1.165) is 11.3 Å². The van der Waals surface area contributed by atoms with Gasteiger partial charge in [-0.1, -0.05) is 39.0 Å². The van der Waals surface area contributed by atoms with Gasteiger partial charge in [0.25, 0.3) is 0 Å². The SMILES string of the molecule is CC(C)(C)OC(=O)N1CCC(C(=O)Nc2ccccc2C(C)(C)C)CC1. The van der Waals surface area contributed by atoms with Crippen molar-refractivity contribution in [1.29, 1.82) is 0 Å². The summed E-state index contributed by atoms with van der Waals surface area (Å²) < 4.78 is 5.41. The van der Waals surface area contributed by atoms with E-state index in [4.69, 9.17) is 4.74 Å². The molecule has 0 atom stereocenters. The van der Waals surface area contributed by atoms with Crippen molar-refractivity contribution in [3.8, 4) is 0 Å². The second-order valence-electron chi connectivity index (χ2n) is 9.03. The minimum atomic E-state index is -0.498. The highest BCUT2D eigenvalue weighted by Crippen LogP contribution is 2.30. The molecule has 2 amide bonds. The molecule has 1 heterocycles. The maximum Gasteiger partial charge on any atom is 0.410 e. The van der Waals surface area contributed by atoms with Crippen LogP contribution in [0.4, 0.5) is 10.5 Å². The number of hydrogen-bond donors (Lipinski definition) is 1. The third-order valence-corrected chi connectivity index (χ3v) is 4.51. The molecular weight excluding hydrogens is 328 g/mol. The summed E-state index contributed by atoms with van der Waals surface area (Å²) in [6.45, 7) is 13.1. The zero-order valence-corrected chi connectivity index (χ0v) is 16.9. The molecule has 1 saturated heterocycles. The molecule has 2 rings (SSSR count). The van der Waals surface area contributed by atoms with Gasteiger partial charge in [-0.2, -0.15) is 0 Å². The number of piperidine rings is 1. The molecular formula is C21H32N2O3. The smallest absolute Gasteiger partial charge is 0.410 e. The lowest BCUT2D eigenvalue weighted by Gasteiger charge is -2.33. The number of amides is 2. The highest BCUT2D eigenvalue weighted by Gasteiger charge is 2.30. The lowest BCUT2D eigenvalue weighted by Crippen LogP contribution is -2.43. The van der Waals surface area contributed by atoms with Gasteiger partial charge in [-0.25, -0.2) is 4.79 Å². The molecule has 1 fully saturated rings. The third kappa shape index (κ3) is 5.48. The van der Waals surface area contributed by atoms with Crippen molar-refractivity contribution in [2.45, 2.75) is 65.4 Å². The maximum atomic E-state index is 12.7. The summed E-state index contributed by atoms with van der Waals surface area (Å²) >= 11 is 0. The number of benzene rings is 1. The average Bonchev–Trinajstić information content (AvgIpc) is 2.53. The first-order chi connectivity index (χ1) is 12.0. The van der Waals surface area contributed by atoms with E-state index in [0.29, 0.717) is 25.9 Å². The normalized spacial score (nSPS) is 16.3. The summed E-state index contributed by atoms with van der Waals surface area (Å²) in [6.07, 6.45) is 1.01. The van der Waals surface area contributed by atoms with Crippen LogP contribution in [0.25, 0.3) is 0 Å². The number of nitrogens with one attached hydrogen (secondary N) is 1. The Hall–Kier alpha value is -2.04. The topological polar surface area (TPSA) is 58.6 Å². The number of carbonyl (C=O) groups is 2. The molecule has 0 radical (unpaired) electrons. The number of anilines is 1. The second kappa shape index (κ2) is 7.68. The van der Waals surface area contributed by atoms with Gasteiger partial charge in [0, 0.05) is 24.7 Å². The molecule has 1 N–H and O–H groups in total. The second-order valence-corrected chi connectivity index (χ2v) is 9.03. The molecule has 5 heteroatoms. The van der Waals surface area contributed by atoms with Gasteiger partial charge < -0.3 is 15.0 Å². The molecule has 1 aromatic carbocycles. The Balaban J connectivity index is 1.95. The molecule has 0 bridgehead atoms. The lowest BCUT2D eigenvalue weighted by molar-refractivity contribution is -0.121. The van der Waals surface area contributed by atoms with E-state index < -0.39 is 5.60 Å².